The van der Waals surface area contributed by atoms with E-state index >= 15 is 0 Å². The third-order valence-electron chi connectivity index (χ3n) is 2.78. The van der Waals surface area contributed by atoms with Crippen LogP contribution in [0.3, 0.4) is 0 Å². The minimum Gasteiger partial charge on any atom is -0.340 e. The predicted octanol–water partition coefficient (Wildman–Crippen LogP) is 3.50. The molecule has 1 aromatic heterocycles. The van der Waals surface area contributed by atoms with Gasteiger partial charge in [0.05, 0.1) is 12.2 Å². The monoisotopic (exact) mass is 368 g/mol. The van der Waals surface area contributed by atoms with E-state index in [1.807, 2.05) is 31.3 Å². The van der Waals surface area contributed by atoms with Gasteiger partial charge in [0.2, 0.25) is 11.0 Å². The molecule has 1 N–H and O–H groups in total. The number of halogens is 1. The lowest BCUT2D eigenvalue weighted by atomic mass is 10.2. The van der Waals surface area contributed by atoms with Crippen molar-refractivity contribution in [3.8, 4) is 0 Å². The Morgan fingerprint density at radius 1 is 1.38 bits per heavy atom. The number of nitrogens with one attached hydrogen (secondary N) is 1. The Morgan fingerprint density at radius 3 is 2.71 bits per heavy atom. The summed E-state index contributed by atoms with van der Waals surface area (Å²) in [6.45, 7) is 4.38. The van der Waals surface area contributed by atoms with Gasteiger partial charge in [-0.15, -0.1) is 10.2 Å². The molecule has 112 valence electrons. The van der Waals surface area contributed by atoms with Crippen molar-refractivity contribution in [1.82, 2.24) is 10.2 Å². The van der Waals surface area contributed by atoms with Crippen LogP contribution in [0.1, 0.15) is 24.8 Å². The molecule has 0 aliphatic rings. The van der Waals surface area contributed by atoms with E-state index in [9.17, 15) is 4.79 Å². The molecule has 5 nitrogen and oxygen atoms in total. The van der Waals surface area contributed by atoms with Crippen LogP contribution in [-0.2, 0) is 4.79 Å². The number of hydrogen-bond donors (Lipinski definition) is 1. The number of aromatic nitrogens is 2. The Balaban J connectivity index is 1.97. The standard InChI is InChI=1S/C14H17BrN4OS/c1-9(2)13-17-18-14(21-13)19(3)8-12(20)16-11-7-5-4-6-10(11)15/h4-7,9H,8H2,1-3H3,(H,16,20). The van der Waals surface area contributed by atoms with E-state index in [1.165, 1.54) is 11.3 Å². The summed E-state index contributed by atoms with van der Waals surface area (Å²) in [5.74, 6) is 0.254. The van der Waals surface area contributed by atoms with E-state index in [0.717, 1.165) is 20.3 Å². The molecule has 0 saturated carbocycles. The lowest BCUT2D eigenvalue weighted by Crippen LogP contribution is -2.30. The number of benzene rings is 1. The van der Waals surface area contributed by atoms with Crippen LogP contribution in [0.5, 0.6) is 0 Å². The molecule has 0 aliphatic heterocycles. The Labute approximate surface area is 136 Å². The maximum absolute atomic E-state index is 12.1. The van der Waals surface area contributed by atoms with Crippen molar-refractivity contribution >= 4 is 44.0 Å². The molecule has 2 aromatic rings. The molecule has 0 saturated heterocycles. The van der Waals surface area contributed by atoms with Gasteiger partial charge in [0.15, 0.2) is 0 Å². The van der Waals surface area contributed by atoms with Crippen LogP contribution < -0.4 is 10.2 Å². The number of rotatable bonds is 5. The molecule has 0 radical (unpaired) electrons. The van der Waals surface area contributed by atoms with E-state index in [4.69, 9.17) is 0 Å². The molecule has 2 rings (SSSR count). The summed E-state index contributed by atoms with van der Waals surface area (Å²) >= 11 is 4.92. The second-order valence-corrected chi connectivity index (χ2v) is 6.80. The Hall–Kier alpha value is -1.47. The smallest absolute Gasteiger partial charge is 0.243 e. The molecule has 0 aliphatic carbocycles. The highest BCUT2D eigenvalue weighted by Gasteiger charge is 2.14. The van der Waals surface area contributed by atoms with Gasteiger partial charge in [0.25, 0.3) is 0 Å². The van der Waals surface area contributed by atoms with E-state index in [1.54, 1.807) is 4.90 Å². The van der Waals surface area contributed by atoms with Crippen molar-refractivity contribution in [1.29, 1.82) is 0 Å². The van der Waals surface area contributed by atoms with Crippen molar-refractivity contribution in [2.75, 3.05) is 23.8 Å². The number of hydrogen-bond acceptors (Lipinski definition) is 5. The average molecular weight is 369 g/mol. The fourth-order valence-electron chi connectivity index (χ4n) is 1.65. The molecule has 0 unspecified atom stereocenters. The van der Waals surface area contributed by atoms with Crippen molar-refractivity contribution in [3.63, 3.8) is 0 Å². The van der Waals surface area contributed by atoms with E-state index in [2.05, 4.69) is 45.3 Å². The number of anilines is 2. The summed E-state index contributed by atoms with van der Waals surface area (Å²) < 4.78 is 0.860. The van der Waals surface area contributed by atoms with Gasteiger partial charge in [0, 0.05) is 17.4 Å². The first-order chi connectivity index (χ1) is 9.97. The highest BCUT2D eigenvalue weighted by Crippen LogP contribution is 2.25. The van der Waals surface area contributed by atoms with Crippen LogP contribution in [0.2, 0.25) is 0 Å². The first kappa shape index (κ1) is 15.9. The topological polar surface area (TPSA) is 58.1 Å². The van der Waals surface area contributed by atoms with Crippen LogP contribution in [0.15, 0.2) is 28.7 Å². The number of para-hydroxylation sites is 1. The first-order valence-corrected chi connectivity index (χ1v) is 8.17. The van der Waals surface area contributed by atoms with Gasteiger partial charge in [0.1, 0.15) is 5.01 Å². The highest BCUT2D eigenvalue weighted by molar-refractivity contribution is 9.10. The van der Waals surface area contributed by atoms with Crippen LogP contribution in [0.25, 0.3) is 0 Å². The Kier molecular flexibility index (Phi) is 5.30. The van der Waals surface area contributed by atoms with Crippen LogP contribution in [0.4, 0.5) is 10.8 Å². The molecule has 21 heavy (non-hydrogen) atoms. The zero-order valence-corrected chi connectivity index (χ0v) is 14.5. The molecule has 1 heterocycles. The minimum absolute atomic E-state index is 0.0919. The fraction of sp³-hybridized carbons (Fsp3) is 0.357. The van der Waals surface area contributed by atoms with Crippen molar-refractivity contribution < 1.29 is 4.79 Å². The molecule has 0 atom stereocenters. The average Bonchev–Trinajstić information content (AvgIpc) is 2.91. The maximum Gasteiger partial charge on any atom is 0.243 e. The minimum atomic E-state index is -0.0919. The fourth-order valence-corrected chi connectivity index (χ4v) is 2.84. The van der Waals surface area contributed by atoms with Gasteiger partial charge >= 0.3 is 0 Å². The second kappa shape index (κ2) is 7.00. The SMILES string of the molecule is CC(C)c1nnc(N(C)CC(=O)Nc2ccccc2Br)s1. The predicted molar refractivity (Wildman–Crippen MR) is 90.0 cm³/mol. The Morgan fingerprint density at radius 2 is 2.10 bits per heavy atom. The van der Waals surface area contributed by atoms with E-state index < -0.39 is 0 Å². The number of nitrogens with zero attached hydrogens (tertiary/aromatic N) is 3. The Bertz CT molecular complexity index is 629. The number of carbonyl (C=O) groups is 1. The molecule has 1 amide bonds. The van der Waals surface area contributed by atoms with E-state index in [0.29, 0.717) is 5.92 Å². The summed E-state index contributed by atoms with van der Waals surface area (Å²) in [5.41, 5.74) is 0.760. The van der Waals surface area contributed by atoms with Gasteiger partial charge in [-0.2, -0.15) is 0 Å². The van der Waals surface area contributed by atoms with Gasteiger partial charge in [-0.1, -0.05) is 37.3 Å². The lowest BCUT2D eigenvalue weighted by Gasteiger charge is -2.15. The lowest BCUT2D eigenvalue weighted by molar-refractivity contribution is -0.114. The summed E-state index contributed by atoms with van der Waals surface area (Å²) in [4.78, 5) is 13.9. The number of amides is 1. The molecule has 0 fully saturated rings. The molecule has 1 aromatic carbocycles. The zero-order valence-electron chi connectivity index (χ0n) is 12.1. The summed E-state index contributed by atoms with van der Waals surface area (Å²) in [7, 11) is 1.84. The summed E-state index contributed by atoms with van der Waals surface area (Å²) in [6.07, 6.45) is 0. The quantitative estimate of drug-likeness (QED) is 0.877. The second-order valence-electron chi connectivity index (χ2n) is 4.96. The third-order valence-corrected chi connectivity index (χ3v) is 4.81. The number of carbonyl (C=O) groups excluding carboxylic acids is 1. The van der Waals surface area contributed by atoms with Gasteiger partial charge in [-0.05, 0) is 28.1 Å². The first-order valence-electron chi connectivity index (χ1n) is 6.56. The zero-order chi connectivity index (χ0) is 15.4. The van der Waals surface area contributed by atoms with Crippen LogP contribution in [-0.4, -0.2) is 29.7 Å². The summed E-state index contributed by atoms with van der Waals surface area (Å²) in [6, 6.07) is 7.52. The molecular weight excluding hydrogens is 352 g/mol. The van der Waals surface area contributed by atoms with Gasteiger partial charge in [-0.3, -0.25) is 4.79 Å². The molecule has 7 heteroatoms. The molecular formula is C14H17BrN4OS. The van der Waals surface area contributed by atoms with E-state index in [-0.39, 0.29) is 12.5 Å². The summed E-state index contributed by atoms with van der Waals surface area (Å²) in [5, 5.41) is 12.8. The van der Waals surface area contributed by atoms with Gasteiger partial charge in [-0.25, -0.2) is 0 Å². The number of likely N-dealkylation sites (N-methyl/N-ethyl adjacent to an activating group) is 1. The van der Waals surface area contributed by atoms with Crippen molar-refractivity contribution in [3.05, 3.63) is 33.7 Å². The normalized spacial score (nSPS) is 10.7. The van der Waals surface area contributed by atoms with Crippen LogP contribution >= 0.6 is 27.3 Å². The van der Waals surface area contributed by atoms with Crippen molar-refractivity contribution in [2.45, 2.75) is 19.8 Å². The maximum atomic E-state index is 12.1. The molecule has 0 bridgehead atoms. The third kappa shape index (κ3) is 4.25. The highest BCUT2D eigenvalue weighted by atomic mass is 79.9. The van der Waals surface area contributed by atoms with Crippen molar-refractivity contribution in [2.24, 2.45) is 0 Å². The van der Waals surface area contributed by atoms with Gasteiger partial charge < -0.3 is 10.2 Å². The largest absolute Gasteiger partial charge is 0.340 e. The molecule has 0 spiro atoms. The van der Waals surface area contributed by atoms with Crippen LogP contribution in [0, 0.1) is 0 Å².